The lowest BCUT2D eigenvalue weighted by Gasteiger charge is -2.40. The molecule has 1 rings (SSSR count). The van der Waals surface area contributed by atoms with E-state index < -0.39 is 55.6 Å². The summed E-state index contributed by atoms with van der Waals surface area (Å²) >= 11 is 0. The Kier molecular flexibility index (Phi) is 6.72. The number of rotatable bonds is 6. The largest absolute Gasteiger partial charge is 0.394 e. The first-order chi connectivity index (χ1) is 9.29. The van der Waals surface area contributed by atoms with Crippen molar-refractivity contribution >= 4 is 0 Å². The summed E-state index contributed by atoms with van der Waals surface area (Å²) < 4.78 is 10.2. The average Bonchev–Trinajstić information content (AvgIpc) is 2.42. The third-order valence-electron chi connectivity index (χ3n) is 3.23. The first-order valence-electron chi connectivity index (χ1n) is 6.33. The van der Waals surface area contributed by atoms with Crippen molar-refractivity contribution in [3.05, 3.63) is 0 Å². The van der Waals surface area contributed by atoms with Crippen LogP contribution in [0.25, 0.3) is 0 Å². The smallest absolute Gasteiger partial charge is 0.186 e. The third kappa shape index (κ3) is 4.07. The molecular formula is C11H23NO8. The summed E-state index contributed by atoms with van der Waals surface area (Å²) in [6, 6.07) is -0.928. The molecule has 1 aliphatic heterocycles. The molecule has 0 aromatic heterocycles. The first-order valence-corrected chi connectivity index (χ1v) is 6.33. The Bertz CT molecular complexity index is 290. The van der Waals surface area contributed by atoms with E-state index in [9.17, 15) is 20.4 Å². The molecule has 0 bridgehead atoms. The average molecular weight is 297 g/mol. The van der Waals surface area contributed by atoms with Gasteiger partial charge in [-0.05, 0) is 6.92 Å². The SMILES string of the molecule is C[C@@H](O)[C@@H](O)[C@@H](N)COC1OC(CO)C(O)C(O)C1O. The fraction of sp³-hybridized carbons (Fsp3) is 1.00. The highest BCUT2D eigenvalue weighted by atomic mass is 16.7. The molecule has 8 N–H and O–H groups in total. The fourth-order valence-corrected chi connectivity index (χ4v) is 1.87. The van der Waals surface area contributed by atoms with Crippen molar-refractivity contribution in [1.82, 2.24) is 0 Å². The molecule has 1 fully saturated rings. The molecular weight excluding hydrogens is 274 g/mol. The van der Waals surface area contributed by atoms with Crippen molar-refractivity contribution in [3.63, 3.8) is 0 Å². The number of nitrogens with two attached hydrogens (primary N) is 1. The van der Waals surface area contributed by atoms with Crippen molar-refractivity contribution in [2.24, 2.45) is 5.73 Å². The van der Waals surface area contributed by atoms with E-state index in [2.05, 4.69) is 0 Å². The Morgan fingerprint density at radius 1 is 1.15 bits per heavy atom. The van der Waals surface area contributed by atoms with Crippen LogP contribution in [-0.2, 0) is 9.47 Å². The van der Waals surface area contributed by atoms with Gasteiger partial charge in [0.05, 0.1) is 31.5 Å². The monoisotopic (exact) mass is 297 g/mol. The van der Waals surface area contributed by atoms with Crippen LogP contribution in [0.5, 0.6) is 0 Å². The molecule has 9 nitrogen and oxygen atoms in total. The molecule has 20 heavy (non-hydrogen) atoms. The third-order valence-corrected chi connectivity index (χ3v) is 3.23. The van der Waals surface area contributed by atoms with Crippen LogP contribution in [0.2, 0.25) is 0 Å². The maximum absolute atomic E-state index is 9.69. The second-order valence-electron chi connectivity index (χ2n) is 4.93. The number of hydrogen-bond donors (Lipinski definition) is 7. The van der Waals surface area contributed by atoms with Gasteiger partial charge in [0.1, 0.15) is 24.4 Å². The highest BCUT2D eigenvalue weighted by molar-refractivity contribution is 4.89. The van der Waals surface area contributed by atoms with E-state index in [-0.39, 0.29) is 6.61 Å². The van der Waals surface area contributed by atoms with Gasteiger partial charge in [-0.25, -0.2) is 0 Å². The van der Waals surface area contributed by atoms with Crippen LogP contribution < -0.4 is 5.73 Å². The Morgan fingerprint density at radius 2 is 1.75 bits per heavy atom. The minimum Gasteiger partial charge on any atom is -0.394 e. The fourth-order valence-electron chi connectivity index (χ4n) is 1.87. The minimum atomic E-state index is -1.54. The van der Waals surface area contributed by atoms with Crippen molar-refractivity contribution in [3.8, 4) is 0 Å². The van der Waals surface area contributed by atoms with Gasteiger partial charge in [-0.3, -0.25) is 0 Å². The lowest BCUT2D eigenvalue weighted by molar-refractivity contribution is -0.302. The predicted octanol–water partition coefficient (Wildman–Crippen LogP) is -4.13. The van der Waals surface area contributed by atoms with Gasteiger partial charge >= 0.3 is 0 Å². The van der Waals surface area contributed by atoms with Crippen molar-refractivity contribution < 1.29 is 40.1 Å². The Balaban J connectivity index is 2.54. The molecule has 120 valence electrons. The maximum atomic E-state index is 9.69. The van der Waals surface area contributed by atoms with Crippen molar-refractivity contribution in [2.75, 3.05) is 13.2 Å². The summed E-state index contributed by atoms with van der Waals surface area (Å²) in [7, 11) is 0. The zero-order valence-electron chi connectivity index (χ0n) is 11.1. The molecule has 0 spiro atoms. The van der Waals surface area contributed by atoms with E-state index in [1.807, 2.05) is 0 Å². The number of ether oxygens (including phenoxy) is 2. The van der Waals surface area contributed by atoms with Crippen LogP contribution in [0.1, 0.15) is 6.92 Å². The lowest BCUT2D eigenvalue weighted by Crippen LogP contribution is -2.59. The molecule has 0 aromatic carbocycles. The topological polar surface area (TPSA) is 166 Å². The number of aliphatic hydroxyl groups is 6. The molecule has 1 heterocycles. The van der Waals surface area contributed by atoms with E-state index >= 15 is 0 Å². The quantitative estimate of drug-likeness (QED) is 0.258. The number of aliphatic hydroxyl groups excluding tert-OH is 6. The standard InChI is InChI=1S/C11H23NO8/c1-4(14)7(15)5(12)3-19-11-10(18)9(17)8(16)6(2-13)20-11/h4-11,13-18H,2-3,12H2,1H3/t4-,5+,6?,7-,8?,9?,10?,11?/m1/s1. The summed E-state index contributed by atoms with van der Waals surface area (Å²) in [5.41, 5.74) is 5.58. The van der Waals surface area contributed by atoms with Gasteiger partial charge in [0.2, 0.25) is 0 Å². The van der Waals surface area contributed by atoms with E-state index in [0.29, 0.717) is 0 Å². The molecule has 0 aliphatic carbocycles. The molecule has 1 saturated heterocycles. The van der Waals surface area contributed by atoms with Gasteiger partial charge in [-0.1, -0.05) is 0 Å². The first kappa shape index (κ1) is 17.7. The molecule has 0 radical (unpaired) electrons. The highest BCUT2D eigenvalue weighted by Gasteiger charge is 2.44. The van der Waals surface area contributed by atoms with Crippen molar-refractivity contribution in [2.45, 2.75) is 55.9 Å². The lowest BCUT2D eigenvalue weighted by atomic mass is 9.99. The number of hydrogen-bond acceptors (Lipinski definition) is 9. The molecule has 5 unspecified atom stereocenters. The molecule has 9 heteroatoms. The highest BCUT2D eigenvalue weighted by Crippen LogP contribution is 2.22. The maximum Gasteiger partial charge on any atom is 0.186 e. The van der Waals surface area contributed by atoms with Crippen LogP contribution in [0.15, 0.2) is 0 Å². The molecule has 0 saturated carbocycles. The molecule has 1 aliphatic rings. The van der Waals surface area contributed by atoms with Crippen LogP contribution >= 0.6 is 0 Å². The normalized spacial score (nSPS) is 39.3. The Morgan fingerprint density at radius 3 is 2.25 bits per heavy atom. The summed E-state index contributed by atoms with van der Waals surface area (Å²) in [4.78, 5) is 0. The Hall–Kier alpha value is -0.360. The van der Waals surface area contributed by atoms with Crippen LogP contribution in [-0.4, -0.2) is 92.8 Å². The van der Waals surface area contributed by atoms with Gasteiger partial charge in [-0.15, -0.1) is 0 Å². The van der Waals surface area contributed by atoms with Gasteiger partial charge in [0.15, 0.2) is 6.29 Å². The molecule has 8 atom stereocenters. The van der Waals surface area contributed by atoms with Gasteiger partial charge in [0.25, 0.3) is 0 Å². The summed E-state index contributed by atoms with van der Waals surface area (Å²) in [5.74, 6) is 0. The van der Waals surface area contributed by atoms with E-state index in [1.54, 1.807) is 0 Å². The predicted molar refractivity (Wildman–Crippen MR) is 65.4 cm³/mol. The minimum absolute atomic E-state index is 0.255. The van der Waals surface area contributed by atoms with E-state index in [4.69, 9.17) is 25.4 Å². The van der Waals surface area contributed by atoms with E-state index in [1.165, 1.54) is 6.92 Å². The Labute approximate surface area is 116 Å². The van der Waals surface area contributed by atoms with E-state index in [0.717, 1.165) is 0 Å². The van der Waals surface area contributed by atoms with Crippen LogP contribution in [0.3, 0.4) is 0 Å². The summed E-state index contributed by atoms with van der Waals surface area (Å²) in [6.45, 7) is 0.542. The second kappa shape index (κ2) is 7.59. The molecule has 0 amide bonds. The van der Waals surface area contributed by atoms with Gasteiger partial charge in [0, 0.05) is 0 Å². The van der Waals surface area contributed by atoms with Crippen LogP contribution in [0.4, 0.5) is 0 Å². The van der Waals surface area contributed by atoms with Gasteiger partial charge in [-0.2, -0.15) is 0 Å². The summed E-state index contributed by atoms with van der Waals surface area (Å²) in [6.07, 6.45) is -9.18. The zero-order chi connectivity index (χ0) is 15.4. The molecule has 0 aromatic rings. The second-order valence-corrected chi connectivity index (χ2v) is 4.93. The van der Waals surface area contributed by atoms with Gasteiger partial charge < -0.3 is 45.8 Å². The van der Waals surface area contributed by atoms with Crippen LogP contribution in [0, 0.1) is 0 Å². The zero-order valence-corrected chi connectivity index (χ0v) is 11.1. The summed E-state index contributed by atoms with van der Waals surface area (Å²) in [5, 5.41) is 56.4. The van der Waals surface area contributed by atoms with Crippen molar-refractivity contribution in [1.29, 1.82) is 0 Å².